The van der Waals surface area contributed by atoms with E-state index in [0.29, 0.717) is 6.54 Å². The molecule has 0 aliphatic carbocycles. The van der Waals surface area contributed by atoms with Crippen molar-refractivity contribution in [2.75, 3.05) is 26.7 Å². The minimum absolute atomic E-state index is 0. The zero-order valence-corrected chi connectivity index (χ0v) is 14.9. The average molecular weight is 363 g/mol. The first-order valence-electron chi connectivity index (χ1n) is 7.26. The highest BCUT2D eigenvalue weighted by Crippen LogP contribution is 2.25. The lowest BCUT2D eigenvalue weighted by Gasteiger charge is -2.34. The standard InChI is InChI=1S/C15H22N2O4S.ClH/c1-15(8-5-9-16-10-15)11-17-22(19,20)13-7-4-3-6-12(13)14(18)21-2;/h3-4,6-7,16-17H,5,8-11H2,1-2H3;1H. The number of carbonyl (C=O) groups excluding carboxylic acids is 1. The van der Waals surface area contributed by atoms with E-state index in [1.807, 2.05) is 6.92 Å². The number of ether oxygens (including phenoxy) is 1. The van der Waals surface area contributed by atoms with Gasteiger partial charge in [-0.2, -0.15) is 0 Å². The number of piperidine rings is 1. The average Bonchev–Trinajstić information content (AvgIpc) is 2.53. The van der Waals surface area contributed by atoms with Gasteiger partial charge in [-0.3, -0.25) is 0 Å². The number of esters is 1. The second-order valence-corrected chi connectivity index (χ2v) is 7.64. The van der Waals surface area contributed by atoms with E-state index in [1.54, 1.807) is 12.1 Å². The number of halogens is 1. The van der Waals surface area contributed by atoms with Gasteiger partial charge >= 0.3 is 5.97 Å². The van der Waals surface area contributed by atoms with Gasteiger partial charge in [-0.1, -0.05) is 19.1 Å². The minimum Gasteiger partial charge on any atom is -0.465 e. The van der Waals surface area contributed by atoms with Crippen LogP contribution in [-0.4, -0.2) is 41.1 Å². The highest BCUT2D eigenvalue weighted by molar-refractivity contribution is 7.89. The Kier molecular flexibility index (Phi) is 7.01. The topological polar surface area (TPSA) is 84.5 Å². The molecule has 1 saturated heterocycles. The molecule has 2 N–H and O–H groups in total. The van der Waals surface area contributed by atoms with Crippen LogP contribution >= 0.6 is 12.4 Å². The molecule has 1 heterocycles. The van der Waals surface area contributed by atoms with Gasteiger partial charge in [-0.05, 0) is 36.9 Å². The van der Waals surface area contributed by atoms with Crippen molar-refractivity contribution in [3.05, 3.63) is 29.8 Å². The van der Waals surface area contributed by atoms with Gasteiger partial charge in [0, 0.05) is 13.1 Å². The van der Waals surface area contributed by atoms with Gasteiger partial charge in [-0.25, -0.2) is 17.9 Å². The van der Waals surface area contributed by atoms with Crippen LogP contribution in [0.15, 0.2) is 29.2 Å². The zero-order chi connectivity index (χ0) is 16.2. The molecule has 0 aromatic heterocycles. The number of methoxy groups -OCH3 is 1. The summed E-state index contributed by atoms with van der Waals surface area (Å²) in [6, 6.07) is 6.06. The van der Waals surface area contributed by atoms with Crippen LogP contribution in [0.2, 0.25) is 0 Å². The maximum atomic E-state index is 12.5. The molecule has 0 amide bonds. The van der Waals surface area contributed by atoms with Crippen molar-refractivity contribution in [2.24, 2.45) is 5.41 Å². The highest BCUT2D eigenvalue weighted by Gasteiger charge is 2.30. The Morgan fingerprint density at radius 2 is 2.09 bits per heavy atom. The second-order valence-electron chi connectivity index (χ2n) is 5.90. The third kappa shape index (κ3) is 4.91. The van der Waals surface area contributed by atoms with Gasteiger partial charge in [0.05, 0.1) is 17.6 Å². The van der Waals surface area contributed by atoms with E-state index in [-0.39, 0.29) is 28.3 Å². The zero-order valence-electron chi connectivity index (χ0n) is 13.3. The monoisotopic (exact) mass is 362 g/mol. The first-order chi connectivity index (χ1) is 10.4. The van der Waals surface area contributed by atoms with Crippen molar-refractivity contribution in [3.63, 3.8) is 0 Å². The normalized spacial score (nSPS) is 21.3. The van der Waals surface area contributed by atoms with Crippen molar-refractivity contribution < 1.29 is 17.9 Å². The molecule has 1 unspecified atom stereocenters. The fourth-order valence-corrected chi connectivity index (χ4v) is 3.99. The number of rotatable bonds is 5. The number of carbonyl (C=O) groups is 1. The summed E-state index contributed by atoms with van der Waals surface area (Å²) in [5, 5.41) is 3.28. The van der Waals surface area contributed by atoms with Crippen molar-refractivity contribution in [1.29, 1.82) is 0 Å². The third-order valence-electron chi connectivity index (χ3n) is 3.96. The molecule has 1 aromatic rings. The van der Waals surface area contributed by atoms with Crippen LogP contribution in [0.5, 0.6) is 0 Å². The minimum atomic E-state index is -3.76. The molecule has 23 heavy (non-hydrogen) atoms. The number of hydrogen-bond donors (Lipinski definition) is 2. The van der Waals surface area contributed by atoms with Crippen LogP contribution in [0.25, 0.3) is 0 Å². The van der Waals surface area contributed by atoms with Crippen LogP contribution < -0.4 is 10.0 Å². The molecule has 0 radical (unpaired) electrons. The molecule has 130 valence electrons. The Labute approximate surface area is 143 Å². The number of sulfonamides is 1. The van der Waals surface area contributed by atoms with Gasteiger partial charge in [0.1, 0.15) is 0 Å². The van der Waals surface area contributed by atoms with Gasteiger partial charge in [0.25, 0.3) is 0 Å². The van der Waals surface area contributed by atoms with E-state index in [4.69, 9.17) is 0 Å². The van der Waals surface area contributed by atoms with Gasteiger partial charge in [0.15, 0.2) is 0 Å². The Hall–Kier alpha value is -1.15. The molecular weight excluding hydrogens is 340 g/mol. The molecule has 2 rings (SSSR count). The maximum absolute atomic E-state index is 12.5. The Bertz CT molecular complexity index is 643. The van der Waals surface area contributed by atoms with Crippen LogP contribution in [0, 0.1) is 5.41 Å². The summed E-state index contributed by atoms with van der Waals surface area (Å²) >= 11 is 0. The lowest BCUT2D eigenvalue weighted by atomic mass is 9.83. The predicted molar refractivity (Wildman–Crippen MR) is 90.4 cm³/mol. The van der Waals surface area contributed by atoms with Gasteiger partial charge in [0.2, 0.25) is 10.0 Å². The SMILES string of the molecule is COC(=O)c1ccccc1S(=O)(=O)NCC1(C)CCCNC1.Cl. The Balaban J connectivity index is 0.00000264. The van der Waals surface area contributed by atoms with E-state index in [9.17, 15) is 13.2 Å². The highest BCUT2D eigenvalue weighted by atomic mass is 35.5. The second kappa shape index (κ2) is 8.10. The molecular formula is C15H23ClN2O4S. The van der Waals surface area contributed by atoms with Crippen LogP contribution in [0.3, 0.4) is 0 Å². The first-order valence-corrected chi connectivity index (χ1v) is 8.74. The summed E-state index contributed by atoms with van der Waals surface area (Å²) in [5.41, 5.74) is -0.0738. The van der Waals surface area contributed by atoms with Crippen molar-refractivity contribution in [2.45, 2.75) is 24.7 Å². The summed E-state index contributed by atoms with van der Waals surface area (Å²) in [4.78, 5) is 11.7. The summed E-state index contributed by atoms with van der Waals surface area (Å²) in [6.45, 7) is 4.12. The fourth-order valence-electron chi connectivity index (χ4n) is 2.60. The van der Waals surface area contributed by atoms with Gasteiger partial charge in [-0.15, -0.1) is 12.4 Å². The summed E-state index contributed by atoms with van der Waals surface area (Å²) < 4.78 is 32.3. The van der Waals surface area contributed by atoms with Crippen molar-refractivity contribution in [1.82, 2.24) is 10.0 Å². The molecule has 0 spiro atoms. The van der Waals surface area contributed by atoms with E-state index in [1.165, 1.54) is 19.2 Å². The predicted octanol–water partition coefficient (Wildman–Crippen LogP) is 1.56. The largest absolute Gasteiger partial charge is 0.465 e. The van der Waals surface area contributed by atoms with Crippen LogP contribution in [0.1, 0.15) is 30.1 Å². The molecule has 0 bridgehead atoms. The van der Waals surface area contributed by atoms with Gasteiger partial charge < -0.3 is 10.1 Å². The molecule has 1 aromatic carbocycles. The lowest BCUT2D eigenvalue weighted by Crippen LogP contribution is -2.45. The van der Waals surface area contributed by atoms with E-state index < -0.39 is 16.0 Å². The number of nitrogens with one attached hydrogen (secondary N) is 2. The quantitative estimate of drug-likeness (QED) is 0.776. The molecule has 8 heteroatoms. The summed E-state index contributed by atoms with van der Waals surface area (Å²) in [6.07, 6.45) is 1.98. The van der Waals surface area contributed by atoms with E-state index in [0.717, 1.165) is 25.9 Å². The smallest absolute Gasteiger partial charge is 0.339 e. The maximum Gasteiger partial charge on any atom is 0.339 e. The molecule has 1 aliphatic heterocycles. The number of benzene rings is 1. The molecule has 1 fully saturated rings. The van der Waals surface area contributed by atoms with Crippen LogP contribution in [0.4, 0.5) is 0 Å². The Morgan fingerprint density at radius 1 is 1.39 bits per heavy atom. The first kappa shape index (κ1) is 19.9. The third-order valence-corrected chi connectivity index (χ3v) is 5.42. The number of hydrogen-bond acceptors (Lipinski definition) is 5. The van der Waals surface area contributed by atoms with Crippen LogP contribution in [-0.2, 0) is 14.8 Å². The van der Waals surface area contributed by atoms with Crippen molar-refractivity contribution >= 4 is 28.4 Å². The molecule has 1 aliphatic rings. The molecule has 6 nitrogen and oxygen atoms in total. The molecule has 0 saturated carbocycles. The van der Waals surface area contributed by atoms with Crippen molar-refractivity contribution in [3.8, 4) is 0 Å². The molecule has 1 atom stereocenters. The summed E-state index contributed by atoms with van der Waals surface area (Å²) in [7, 11) is -2.53. The van der Waals surface area contributed by atoms with E-state index in [2.05, 4.69) is 14.8 Å². The fraction of sp³-hybridized carbons (Fsp3) is 0.533. The summed E-state index contributed by atoms with van der Waals surface area (Å²) in [5.74, 6) is -0.661. The lowest BCUT2D eigenvalue weighted by molar-refractivity contribution is 0.0596. The Morgan fingerprint density at radius 3 is 2.70 bits per heavy atom. The van der Waals surface area contributed by atoms with E-state index >= 15 is 0 Å².